The van der Waals surface area contributed by atoms with Gasteiger partial charge in [0.05, 0.1) is 0 Å². The van der Waals surface area contributed by atoms with Crippen LogP contribution in [0.2, 0.25) is 0 Å². The molecule has 0 rings (SSSR count). The van der Waals surface area contributed by atoms with Crippen LogP contribution >= 0.6 is 8.34 Å². The van der Waals surface area contributed by atoms with E-state index in [1.807, 2.05) is 0 Å². The van der Waals surface area contributed by atoms with Gasteiger partial charge >= 0.3 is 43.2 Å². The zero-order chi connectivity index (χ0) is 7.41. The van der Waals surface area contributed by atoms with Crippen molar-refractivity contribution in [3.05, 3.63) is 6.65 Å². The summed E-state index contributed by atoms with van der Waals surface area (Å²) < 4.78 is 41.2. The summed E-state index contributed by atoms with van der Waals surface area (Å²) in [6.07, 6.45) is 0. The van der Waals surface area contributed by atoms with Crippen LogP contribution in [0.15, 0.2) is 0 Å². The molecule has 0 heterocycles. The van der Waals surface area contributed by atoms with Crippen LogP contribution in [-0.4, -0.2) is 0 Å². The monoisotopic (exact) mass is 240 g/mol. The third kappa shape index (κ3) is 16200. The summed E-state index contributed by atoms with van der Waals surface area (Å²) in [7, 11) is -1.42. The predicted octanol–water partition coefficient (Wildman–Crippen LogP) is 2.15. The van der Waals surface area contributed by atoms with Crippen LogP contribution in [-0.2, 0) is 37.3 Å². The van der Waals surface area contributed by atoms with Crippen molar-refractivity contribution in [1.29, 1.82) is 0 Å². The Morgan fingerprint density at radius 2 is 1.00 bits per heavy atom. The zero-order valence-electron chi connectivity index (χ0n) is 4.20. The molecule has 0 amide bonds. The van der Waals surface area contributed by atoms with Gasteiger partial charge in [0.1, 0.15) is 0 Å². The molecule has 0 fully saturated rings. The molecule has 0 saturated carbocycles. The summed E-state index contributed by atoms with van der Waals surface area (Å²) in [6, 6.07) is 0. The first-order valence-electron chi connectivity index (χ1n) is 0.978. The number of rotatable bonds is 0. The van der Waals surface area contributed by atoms with E-state index >= 15 is 0 Å². The Morgan fingerprint density at radius 3 is 1.00 bits per heavy atom. The Hall–Kier alpha value is -0.216. The number of hydrogen-bond donors (Lipinski definition) is 1. The van der Waals surface area contributed by atoms with E-state index in [4.69, 9.17) is 21.1 Å². The molecule has 0 aromatic rings. The first-order chi connectivity index (χ1) is 3.83. The van der Waals surface area contributed by atoms with Gasteiger partial charge in [-0.3, -0.25) is 0 Å². The average molecular weight is 240 g/mol. The Balaban J connectivity index is -0.00000000544. The van der Waals surface area contributed by atoms with Crippen LogP contribution in [0.4, 0.5) is 0 Å². The van der Waals surface area contributed by atoms with Gasteiger partial charge in [0.15, 0.2) is 0 Å². The molecule has 6 nitrogen and oxygen atoms in total. The quantitative estimate of drug-likeness (QED) is 0.394. The SMILES string of the molecule is C.C.C.N.O=[PH]=O.[C-]#[O+].[O]=[V]=[O]. The molecule has 8 heteroatoms. The Labute approximate surface area is 81.2 Å². The Bertz CT molecular complexity index is 104. The van der Waals surface area contributed by atoms with E-state index in [1.165, 1.54) is 0 Å². The van der Waals surface area contributed by atoms with Gasteiger partial charge in [-0.25, -0.2) is 9.13 Å². The average Bonchev–Trinajstić information content (AvgIpc) is 1.75. The van der Waals surface area contributed by atoms with Crippen LogP contribution in [0.5, 0.6) is 0 Å². The number of hydrogen-bond acceptors (Lipinski definition) is 5. The Kier molecular flexibility index (Phi) is 1620. The van der Waals surface area contributed by atoms with Crippen molar-refractivity contribution in [2.24, 2.45) is 0 Å². The second kappa shape index (κ2) is 324. The molecule has 0 aliphatic heterocycles. The van der Waals surface area contributed by atoms with Crippen LogP contribution < -0.4 is 6.15 Å². The molecule has 0 spiro atoms. The van der Waals surface area contributed by atoms with E-state index in [0.29, 0.717) is 0 Å². The van der Waals surface area contributed by atoms with E-state index in [2.05, 4.69) is 6.65 Å². The normalized spacial score (nSPS) is 1.83. The first kappa shape index (κ1) is 59.9. The van der Waals surface area contributed by atoms with Crippen LogP contribution in [0.1, 0.15) is 22.3 Å². The summed E-state index contributed by atoms with van der Waals surface area (Å²) in [4.78, 5) is 0. The van der Waals surface area contributed by atoms with Crippen LogP contribution in [0, 0.1) is 6.65 Å². The maximum absolute atomic E-state index is 8.47. The van der Waals surface area contributed by atoms with E-state index in [-0.39, 0.29) is 28.4 Å². The molecule has 0 aromatic carbocycles. The minimum absolute atomic E-state index is 0. The van der Waals surface area contributed by atoms with E-state index < -0.39 is 24.5 Å². The van der Waals surface area contributed by atoms with E-state index in [9.17, 15) is 0 Å². The van der Waals surface area contributed by atoms with Crippen molar-refractivity contribution < 1.29 is 37.3 Å². The molecule has 0 radical (unpaired) electrons. The summed E-state index contributed by atoms with van der Waals surface area (Å²) in [6.45, 7) is 4.50. The molecule has 0 aliphatic rings. The fourth-order valence-corrected chi connectivity index (χ4v) is 0. The van der Waals surface area contributed by atoms with E-state index in [1.54, 1.807) is 0 Å². The topological polar surface area (TPSA) is 123 Å². The molecular weight excluding hydrogens is 224 g/mol. The van der Waals surface area contributed by atoms with Gasteiger partial charge in [0, 0.05) is 0 Å². The summed E-state index contributed by atoms with van der Waals surface area (Å²) in [5, 5.41) is 0. The van der Waals surface area contributed by atoms with Crippen LogP contribution in [0.25, 0.3) is 0 Å². The van der Waals surface area contributed by atoms with Gasteiger partial charge in [-0.2, -0.15) is 0 Å². The van der Waals surface area contributed by atoms with Crippen molar-refractivity contribution in [3.8, 4) is 0 Å². The van der Waals surface area contributed by atoms with Crippen molar-refractivity contribution in [3.63, 3.8) is 0 Å². The molecule has 3 N–H and O–H groups in total. The molecule has 0 aliphatic carbocycles. The molecule has 0 saturated heterocycles. The summed E-state index contributed by atoms with van der Waals surface area (Å²) >= 11 is -1.81. The van der Waals surface area contributed by atoms with Gasteiger partial charge in [0.25, 0.3) is 0 Å². The molecule has 0 unspecified atom stereocenters. The maximum atomic E-state index is 8.47. The zero-order valence-corrected chi connectivity index (χ0v) is 6.59. The van der Waals surface area contributed by atoms with Crippen molar-refractivity contribution >= 4 is 8.34 Å². The van der Waals surface area contributed by atoms with Gasteiger partial charge < -0.3 is 6.15 Å². The third-order valence-corrected chi connectivity index (χ3v) is 0. The van der Waals surface area contributed by atoms with Gasteiger partial charge in [-0.1, -0.05) is 22.3 Å². The van der Waals surface area contributed by atoms with Gasteiger partial charge in [-0.05, 0) is 0 Å². The van der Waals surface area contributed by atoms with Crippen molar-refractivity contribution in [2.75, 3.05) is 0 Å². The molecule has 0 bridgehead atoms. The molecular formula is C4H16NO5PV. The first-order valence-corrected chi connectivity index (χ1v) is 2.93. The van der Waals surface area contributed by atoms with Crippen LogP contribution in [0.3, 0.4) is 0 Å². The molecule has 0 aromatic heterocycles. The van der Waals surface area contributed by atoms with E-state index in [0.717, 1.165) is 0 Å². The second-order valence-corrected chi connectivity index (χ2v) is 0.557. The molecule has 77 valence electrons. The van der Waals surface area contributed by atoms with Crippen molar-refractivity contribution in [2.45, 2.75) is 22.3 Å². The fourth-order valence-electron chi connectivity index (χ4n) is 0. The standard InChI is InChI=1S/CO.3CH4.H3N.HO2P.2O.V/c1-2;;;;;1-3-2;;;/h;3*1H4;1H3;3H;;;. The fraction of sp³-hybridized carbons (Fsp3) is 0.750. The van der Waals surface area contributed by atoms with Gasteiger partial charge in [-0.15, -0.1) is 0 Å². The Morgan fingerprint density at radius 1 is 1.00 bits per heavy atom. The predicted molar refractivity (Wildman–Crippen MR) is 40.2 cm³/mol. The van der Waals surface area contributed by atoms with Crippen molar-refractivity contribution in [1.82, 2.24) is 6.15 Å². The summed E-state index contributed by atoms with van der Waals surface area (Å²) in [5.41, 5.74) is 0. The molecule has 12 heavy (non-hydrogen) atoms. The second-order valence-electron chi connectivity index (χ2n) is 0.158. The summed E-state index contributed by atoms with van der Waals surface area (Å²) in [5.74, 6) is 0. The molecule has 0 atom stereocenters. The van der Waals surface area contributed by atoms with Gasteiger partial charge in [0.2, 0.25) is 0 Å². The third-order valence-electron chi connectivity index (χ3n) is 0. The minimum atomic E-state index is -1.81.